The Morgan fingerprint density at radius 3 is 2.53 bits per heavy atom. The van der Waals surface area contributed by atoms with Crippen LogP contribution in [-0.4, -0.2) is 47.5 Å². The maximum Gasteiger partial charge on any atom is 0.411 e. The minimum atomic E-state index is -0.500. The highest BCUT2D eigenvalue weighted by Gasteiger charge is 2.46. The van der Waals surface area contributed by atoms with Crippen molar-refractivity contribution in [2.75, 3.05) is 13.7 Å². The summed E-state index contributed by atoms with van der Waals surface area (Å²) in [6.07, 6.45) is 3.86. The molecule has 0 N–H and O–H groups in total. The number of piperidine rings is 1. The number of hydrogen-bond donors (Lipinski definition) is 0. The molecule has 2 aliphatic rings. The summed E-state index contributed by atoms with van der Waals surface area (Å²) in [7, 11) is 1.63. The summed E-state index contributed by atoms with van der Waals surface area (Å²) < 4.78 is 10.9. The summed E-state index contributed by atoms with van der Waals surface area (Å²) in [4.78, 5) is 30.3. The fraction of sp³-hybridized carbons (Fsp3) is 0.385. The summed E-state index contributed by atoms with van der Waals surface area (Å²) in [5.41, 5.74) is 1.95. The number of nitrogens with zero attached hydrogens (tertiary/aromatic N) is 2. The fourth-order valence-corrected chi connectivity index (χ4v) is 4.75. The lowest BCUT2D eigenvalue weighted by Gasteiger charge is -2.40. The van der Waals surface area contributed by atoms with E-state index in [0.717, 1.165) is 29.7 Å². The Kier molecular flexibility index (Phi) is 6.78. The first-order valence-corrected chi connectivity index (χ1v) is 11.1. The average Bonchev–Trinajstić information content (AvgIpc) is 2.90. The minimum Gasteiger partial charge on any atom is -0.497 e. The zero-order valence-electron chi connectivity index (χ0n) is 18.5. The second-order valence-electron chi connectivity index (χ2n) is 8.43. The first-order valence-electron chi connectivity index (χ1n) is 11.1. The Hall–Kier alpha value is -3.28. The normalized spacial score (nSPS) is 22.8. The predicted octanol–water partition coefficient (Wildman–Crippen LogP) is 4.40. The molecule has 0 aliphatic carbocycles. The molecule has 2 bridgehead atoms. The number of carbonyl (C=O) groups excluding carboxylic acids is 2. The van der Waals surface area contributed by atoms with Gasteiger partial charge in [-0.25, -0.2) is 4.79 Å². The summed E-state index contributed by atoms with van der Waals surface area (Å²) in [6.45, 7) is 5.24. The van der Waals surface area contributed by atoms with E-state index in [0.29, 0.717) is 19.5 Å². The van der Waals surface area contributed by atoms with Gasteiger partial charge < -0.3 is 14.4 Å². The monoisotopic (exact) mass is 434 g/mol. The highest BCUT2D eigenvalue weighted by atomic mass is 16.6. The topological polar surface area (TPSA) is 59.1 Å². The second-order valence-corrected chi connectivity index (χ2v) is 8.43. The average molecular weight is 435 g/mol. The summed E-state index contributed by atoms with van der Waals surface area (Å²) in [6, 6.07) is 16.7. The summed E-state index contributed by atoms with van der Waals surface area (Å²) >= 11 is 0. The van der Waals surface area contributed by atoms with Crippen LogP contribution in [0.3, 0.4) is 0 Å². The van der Waals surface area contributed by atoms with Gasteiger partial charge in [0.2, 0.25) is 5.91 Å². The van der Waals surface area contributed by atoms with Gasteiger partial charge in [-0.1, -0.05) is 48.5 Å². The van der Waals surface area contributed by atoms with Crippen LogP contribution in [0, 0.1) is 5.92 Å². The van der Waals surface area contributed by atoms with Crippen LogP contribution in [0.5, 0.6) is 5.75 Å². The van der Waals surface area contributed by atoms with E-state index in [1.165, 1.54) is 0 Å². The Morgan fingerprint density at radius 2 is 1.84 bits per heavy atom. The first kappa shape index (κ1) is 21.9. The molecule has 2 amide bonds. The lowest BCUT2D eigenvalue weighted by molar-refractivity contribution is -0.137. The van der Waals surface area contributed by atoms with Gasteiger partial charge in [0.15, 0.2) is 0 Å². The van der Waals surface area contributed by atoms with Gasteiger partial charge in [-0.05, 0) is 42.5 Å². The number of rotatable bonds is 6. The Morgan fingerprint density at radius 1 is 1.09 bits per heavy atom. The number of methoxy groups -OCH3 is 1. The zero-order chi connectivity index (χ0) is 22.5. The third-order valence-electron chi connectivity index (χ3n) is 6.44. The molecule has 0 aromatic heterocycles. The number of ether oxygens (including phenoxy) is 2. The third kappa shape index (κ3) is 4.64. The Labute approximate surface area is 189 Å². The molecule has 4 rings (SSSR count). The van der Waals surface area contributed by atoms with Crippen molar-refractivity contribution in [1.82, 2.24) is 9.80 Å². The molecule has 2 saturated heterocycles. The van der Waals surface area contributed by atoms with Gasteiger partial charge in [0.25, 0.3) is 0 Å². The molecule has 2 heterocycles. The molecule has 0 radical (unpaired) electrons. The molecule has 0 spiro atoms. The predicted molar refractivity (Wildman–Crippen MR) is 122 cm³/mol. The van der Waals surface area contributed by atoms with E-state index in [4.69, 9.17) is 9.47 Å². The maximum absolute atomic E-state index is 13.6. The van der Waals surface area contributed by atoms with Crippen LogP contribution in [-0.2, 0) is 22.7 Å². The number of hydrogen-bond acceptors (Lipinski definition) is 4. The van der Waals surface area contributed by atoms with Crippen molar-refractivity contribution in [3.63, 3.8) is 0 Å². The molecule has 2 unspecified atom stereocenters. The van der Waals surface area contributed by atoms with Gasteiger partial charge in [-0.2, -0.15) is 0 Å². The molecule has 2 fully saturated rings. The zero-order valence-corrected chi connectivity index (χ0v) is 18.5. The smallest absolute Gasteiger partial charge is 0.411 e. The number of amides is 2. The molecular formula is C26H30N2O4. The lowest BCUT2D eigenvalue weighted by Crippen LogP contribution is -2.54. The molecule has 3 atom stereocenters. The van der Waals surface area contributed by atoms with Gasteiger partial charge in [-0.15, -0.1) is 6.58 Å². The fourth-order valence-electron chi connectivity index (χ4n) is 4.75. The minimum absolute atomic E-state index is 0.00762. The van der Waals surface area contributed by atoms with E-state index in [1.807, 2.05) is 65.6 Å². The molecule has 6 nitrogen and oxygen atoms in total. The van der Waals surface area contributed by atoms with E-state index in [2.05, 4.69) is 6.58 Å². The van der Waals surface area contributed by atoms with Crippen LogP contribution >= 0.6 is 0 Å². The van der Waals surface area contributed by atoms with Crippen molar-refractivity contribution in [1.29, 1.82) is 0 Å². The van der Waals surface area contributed by atoms with Crippen molar-refractivity contribution in [2.24, 2.45) is 5.92 Å². The van der Waals surface area contributed by atoms with Crippen molar-refractivity contribution in [3.8, 4) is 5.75 Å². The third-order valence-corrected chi connectivity index (χ3v) is 6.44. The molecule has 2 aliphatic heterocycles. The van der Waals surface area contributed by atoms with Crippen LogP contribution in [0.15, 0.2) is 67.3 Å². The highest BCUT2D eigenvalue weighted by molar-refractivity contribution is 5.86. The Bertz CT molecular complexity index is 944. The van der Waals surface area contributed by atoms with E-state index in [-0.39, 0.29) is 24.5 Å². The van der Waals surface area contributed by atoms with Gasteiger partial charge in [0, 0.05) is 25.0 Å². The standard InChI is InChI=1S/C26H30N2O4/c1-3-21-17-27(16-19-12-14-22(31-2)15-13-19)25(29)24-11-7-10-23(21)28(24)26(30)32-18-20-8-5-4-6-9-20/h3-6,8-9,12-15,21,23-24H,1,7,10-11,16-18H2,2H3/t21-,23?,24?/m0/s1. The van der Waals surface area contributed by atoms with Crippen molar-refractivity contribution in [2.45, 2.75) is 44.5 Å². The summed E-state index contributed by atoms with van der Waals surface area (Å²) in [5.74, 6) is 0.751. The largest absolute Gasteiger partial charge is 0.497 e. The lowest BCUT2D eigenvalue weighted by atomic mass is 9.88. The van der Waals surface area contributed by atoms with Crippen LogP contribution in [0.1, 0.15) is 30.4 Å². The number of benzene rings is 2. The van der Waals surface area contributed by atoms with E-state index in [1.54, 1.807) is 12.0 Å². The van der Waals surface area contributed by atoms with Gasteiger partial charge in [0.1, 0.15) is 18.4 Å². The van der Waals surface area contributed by atoms with Crippen LogP contribution in [0.2, 0.25) is 0 Å². The molecule has 168 valence electrons. The molecule has 0 saturated carbocycles. The number of fused-ring (bicyclic) bond motifs is 2. The molecule has 2 aromatic rings. The van der Waals surface area contributed by atoms with Crippen LogP contribution < -0.4 is 4.74 Å². The first-order chi connectivity index (χ1) is 15.6. The second kappa shape index (κ2) is 9.90. The number of carbonyl (C=O) groups is 2. The van der Waals surface area contributed by atoms with E-state index in [9.17, 15) is 9.59 Å². The van der Waals surface area contributed by atoms with E-state index < -0.39 is 12.1 Å². The van der Waals surface area contributed by atoms with E-state index >= 15 is 0 Å². The Balaban J connectivity index is 1.54. The van der Waals surface area contributed by atoms with Gasteiger partial charge >= 0.3 is 6.09 Å². The SMILES string of the molecule is C=C[C@H]1CN(Cc2ccc(OC)cc2)C(=O)C2CCCC1N2C(=O)OCc1ccccc1. The molecular weight excluding hydrogens is 404 g/mol. The van der Waals surface area contributed by atoms with Crippen LogP contribution in [0.25, 0.3) is 0 Å². The summed E-state index contributed by atoms with van der Waals surface area (Å²) in [5, 5.41) is 0. The molecule has 2 aromatic carbocycles. The quantitative estimate of drug-likeness (QED) is 0.633. The molecule has 32 heavy (non-hydrogen) atoms. The molecule has 6 heteroatoms. The van der Waals surface area contributed by atoms with Gasteiger partial charge in [0.05, 0.1) is 7.11 Å². The maximum atomic E-state index is 13.6. The highest BCUT2D eigenvalue weighted by Crippen LogP contribution is 2.34. The van der Waals surface area contributed by atoms with Crippen molar-refractivity contribution in [3.05, 3.63) is 78.4 Å². The van der Waals surface area contributed by atoms with Gasteiger partial charge in [-0.3, -0.25) is 9.69 Å². The van der Waals surface area contributed by atoms with Crippen molar-refractivity contribution >= 4 is 12.0 Å². The van der Waals surface area contributed by atoms with Crippen LogP contribution in [0.4, 0.5) is 4.79 Å². The van der Waals surface area contributed by atoms with Crippen molar-refractivity contribution < 1.29 is 19.1 Å².